The summed E-state index contributed by atoms with van der Waals surface area (Å²) in [7, 11) is -4.04. The van der Waals surface area contributed by atoms with Gasteiger partial charge in [-0.15, -0.1) is 0 Å². The van der Waals surface area contributed by atoms with Crippen molar-refractivity contribution < 1.29 is 18.1 Å². The SMILES string of the molecule is Cc1nc(OCCNS(=O)(=O)c2cc([N+](=O)[O-])ccc2Cl)cc(N2CCCC2)n1. The molecular weight excluding hydrogens is 422 g/mol. The van der Waals surface area contributed by atoms with Crippen molar-refractivity contribution >= 4 is 33.1 Å². The lowest BCUT2D eigenvalue weighted by Gasteiger charge is -2.17. The number of ether oxygens (including phenoxy) is 1. The highest BCUT2D eigenvalue weighted by Crippen LogP contribution is 2.26. The Labute approximate surface area is 173 Å². The molecule has 1 aromatic heterocycles. The van der Waals surface area contributed by atoms with E-state index in [1.165, 1.54) is 6.07 Å². The van der Waals surface area contributed by atoms with Crippen LogP contribution in [0.4, 0.5) is 11.5 Å². The molecule has 0 atom stereocenters. The molecule has 29 heavy (non-hydrogen) atoms. The number of nitrogens with one attached hydrogen (secondary N) is 1. The summed E-state index contributed by atoms with van der Waals surface area (Å²) in [5, 5.41) is 10.8. The number of nitro benzene ring substituents is 1. The van der Waals surface area contributed by atoms with Gasteiger partial charge >= 0.3 is 0 Å². The summed E-state index contributed by atoms with van der Waals surface area (Å²) in [6.45, 7) is 3.57. The molecule has 1 fully saturated rings. The van der Waals surface area contributed by atoms with Crippen LogP contribution in [0.3, 0.4) is 0 Å². The molecule has 10 nitrogen and oxygen atoms in total. The summed E-state index contributed by atoms with van der Waals surface area (Å²) in [5.74, 6) is 1.70. The van der Waals surface area contributed by atoms with Crippen molar-refractivity contribution in [3.8, 4) is 5.88 Å². The van der Waals surface area contributed by atoms with Crippen molar-refractivity contribution in [2.24, 2.45) is 0 Å². The third-order valence-corrected chi connectivity index (χ3v) is 6.23. The standard InChI is InChI=1S/C17H20ClN5O5S/c1-12-20-16(22-7-2-3-8-22)11-17(21-12)28-9-6-19-29(26,27)15-10-13(23(24)25)4-5-14(15)18/h4-5,10-11,19H,2-3,6-9H2,1H3. The lowest BCUT2D eigenvalue weighted by Crippen LogP contribution is -2.28. The van der Waals surface area contributed by atoms with Crippen LogP contribution < -0.4 is 14.4 Å². The van der Waals surface area contributed by atoms with E-state index in [0.717, 1.165) is 43.9 Å². The van der Waals surface area contributed by atoms with E-state index in [9.17, 15) is 18.5 Å². The number of hydrogen-bond acceptors (Lipinski definition) is 8. The Morgan fingerprint density at radius 3 is 2.69 bits per heavy atom. The summed E-state index contributed by atoms with van der Waals surface area (Å²) in [4.78, 5) is 20.6. The summed E-state index contributed by atoms with van der Waals surface area (Å²) in [6, 6.07) is 4.96. The molecular formula is C17H20ClN5O5S. The zero-order valence-corrected chi connectivity index (χ0v) is 17.2. The molecule has 1 N–H and O–H groups in total. The molecule has 0 saturated carbocycles. The maximum atomic E-state index is 12.4. The van der Waals surface area contributed by atoms with Crippen LogP contribution in [0.2, 0.25) is 5.02 Å². The van der Waals surface area contributed by atoms with Gasteiger partial charge in [-0.25, -0.2) is 18.1 Å². The van der Waals surface area contributed by atoms with Crippen LogP contribution >= 0.6 is 11.6 Å². The van der Waals surface area contributed by atoms with E-state index in [0.29, 0.717) is 11.7 Å². The van der Waals surface area contributed by atoms with Crippen molar-refractivity contribution in [1.82, 2.24) is 14.7 Å². The number of sulfonamides is 1. The van der Waals surface area contributed by atoms with Crippen LogP contribution in [0.5, 0.6) is 5.88 Å². The molecule has 2 heterocycles. The average molecular weight is 442 g/mol. The summed E-state index contributed by atoms with van der Waals surface area (Å²) >= 11 is 5.90. The van der Waals surface area contributed by atoms with Crippen molar-refractivity contribution in [2.45, 2.75) is 24.7 Å². The molecule has 1 aliphatic rings. The minimum atomic E-state index is -4.04. The number of aromatic nitrogens is 2. The summed E-state index contributed by atoms with van der Waals surface area (Å²) < 4.78 is 32.7. The van der Waals surface area contributed by atoms with Crippen molar-refractivity contribution in [3.05, 3.63) is 45.2 Å². The molecule has 156 valence electrons. The molecule has 0 amide bonds. The van der Waals surface area contributed by atoms with Gasteiger partial charge < -0.3 is 9.64 Å². The zero-order chi connectivity index (χ0) is 21.0. The summed E-state index contributed by atoms with van der Waals surface area (Å²) in [5.41, 5.74) is -0.364. The molecule has 12 heteroatoms. The largest absolute Gasteiger partial charge is 0.476 e. The topological polar surface area (TPSA) is 128 Å². The van der Waals surface area contributed by atoms with E-state index >= 15 is 0 Å². The molecule has 1 aromatic carbocycles. The van der Waals surface area contributed by atoms with E-state index < -0.39 is 14.9 Å². The molecule has 3 rings (SSSR count). The van der Waals surface area contributed by atoms with Gasteiger partial charge in [-0.1, -0.05) is 11.6 Å². The maximum absolute atomic E-state index is 12.4. The van der Waals surface area contributed by atoms with E-state index in [1.807, 2.05) is 0 Å². The van der Waals surface area contributed by atoms with Gasteiger partial charge in [-0.05, 0) is 25.8 Å². The quantitative estimate of drug-likeness (QED) is 0.375. The van der Waals surface area contributed by atoms with E-state index in [-0.39, 0.29) is 28.8 Å². The van der Waals surface area contributed by atoms with Gasteiger partial charge in [0.15, 0.2) is 0 Å². The molecule has 0 bridgehead atoms. The molecule has 0 aliphatic carbocycles. The lowest BCUT2D eigenvalue weighted by atomic mass is 10.3. The molecule has 2 aromatic rings. The van der Waals surface area contributed by atoms with Gasteiger partial charge in [0, 0.05) is 37.8 Å². The van der Waals surface area contributed by atoms with E-state index in [1.54, 1.807) is 13.0 Å². The van der Waals surface area contributed by atoms with Crippen LogP contribution in [0.25, 0.3) is 0 Å². The van der Waals surface area contributed by atoms with Crippen LogP contribution in [0, 0.1) is 17.0 Å². The van der Waals surface area contributed by atoms with Crippen molar-refractivity contribution in [1.29, 1.82) is 0 Å². The fourth-order valence-electron chi connectivity index (χ4n) is 2.93. The first-order valence-corrected chi connectivity index (χ1v) is 10.8. The summed E-state index contributed by atoms with van der Waals surface area (Å²) in [6.07, 6.45) is 2.22. The van der Waals surface area contributed by atoms with Crippen LogP contribution in [0.15, 0.2) is 29.2 Å². The number of nitrogens with zero attached hydrogens (tertiary/aromatic N) is 4. The second-order valence-electron chi connectivity index (χ2n) is 6.42. The molecule has 1 saturated heterocycles. The van der Waals surface area contributed by atoms with Gasteiger partial charge in [0.2, 0.25) is 15.9 Å². The molecule has 0 spiro atoms. The van der Waals surface area contributed by atoms with Gasteiger partial charge in [0.25, 0.3) is 5.69 Å². The van der Waals surface area contributed by atoms with Crippen molar-refractivity contribution in [2.75, 3.05) is 31.1 Å². The first kappa shape index (κ1) is 21.2. The number of aryl methyl sites for hydroxylation is 1. The third kappa shape index (κ3) is 5.31. The first-order chi connectivity index (χ1) is 13.8. The van der Waals surface area contributed by atoms with Gasteiger partial charge in [-0.3, -0.25) is 10.1 Å². The maximum Gasteiger partial charge on any atom is 0.270 e. The Balaban J connectivity index is 1.62. The van der Waals surface area contributed by atoms with Crippen LogP contribution in [-0.2, 0) is 10.0 Å². The Hall–Kier alpha value is -2.50. The highest BCUT2D eigenvalue weighted by Gasteiger charge is 2.21. The lowest BCUT2D eigenvalue weighted by molar-refractivity contribution is -0.385. The second kappa shape index (κ2) is 8.89. The minimum absolute atomic E-state index is 0.0155. The predicted octanol–water partition coefficient (Wildman–Crippen LogP) is 2.30. The minimum Gasteiger partial charge on any atom is -0.476 e. The Morgan fingerprint density at radius 2 is 2.00 bits per heavy atom. The second-order valence-corrected chi connectivity index (χ2v) is 8.57. The number of hydrogen-bond donors (Lipinski definition) is 1. The predicted molar refractivity (Wildman–Crippen MR) is 107 cm³/mol. The van der Waals surface area contributed by atoms with Gasteiger partial charge in [0.05, 0.1) is 9.95 Å². The van der Waals surface area contributed by atoms with Crippen LogP contribution in [0.1, 0.15) is 18.7 Å². The number of rotatable bonds is 8. The first-order valence-electron chi connectivity index (χ1n) is 8.93. The molecule has 1 aliphatic heterocycles. The number of non-ortho nitro benzene ring substituents is 1. The van der Waals surface area contributed by atoms with E-state index in [2.05, 4.69) is 19.6 Å². The molecule has 0 unspecified atom stereocenters. The van der Waals surface area contributed by atoms with Crippen molar-refractivity contribution in [3.63, 3.8) is 0 Å². The number of halogens is 1. The highest BCUT2D eigenvalue weighted by atomic mass is 35.5. The molecule has 0 radical (unpaired) electrons. The monoisotopic (exact) mass is 441 g/mol. The Morgan fingerprint density at radius 1 is 1.28 bits per heavy atom. The fraction of sp³-hybridized carbons (Fsp3) is 0.412. The van der Waals surface area contributed by atoms with Gasteiger partial charge in [-0.2, -0.15) is 4.98 Å². The third-order valence-electron chi connectivity index (χ3n) is 4.29. The number of benzene rings is 1. The number of nitro groups is 1. The Bertz CT molecular complexity index is 1010. The zero-order valence-electron chi connectivity index (χ0n) is 15.7. The smallest absolute Gasteiger partial charge is 0.270 e. The normalized spacial score (nSPS) is 14.2. The van der Waals surface area contributed by atoms with E-state index in [4.69, 9.17) is 16.3 Å². The average Bonchev–Trinajstić information content (AvgIpc) is 3.20. The van der Waals surface area contributed by atoms with Gasteiger partial charge in [0.1, 0.15) is 23.1 Å². The number of anilines is 1. The highest BCUT2D eigenvalue weighted by molar-refractivity contribution is 7.89. The fourth-order valence-corrected chi connectivity index (χ4v) is 4.46. The van der Waals surface area contributed by atoms with Crippen LogP contribution in [-0.4, -0.2) is 49.6 Å². The Kier molecular flexibility index (Phi) is 6.50.